The molecule has 0 aliphatic carbocycles. The Balaban J connectivity index is 2.64. The number of aromatic carboxylic acids is 1. The molecule has 1 aromatic heterocycles. The molecule has 1 N–H and O–H groups in total. The molecule has 0 aliphatic heterocycles. The van der Waals surface area contributed by atoms with Gasteiger partial charge in [-0.2, -0.15) is 0 Å². The molecule has 4 heteroatoms. The lowest BCUT2D eigenvalue weighted by Crippen LogP contribution is -2.00. The molecule has 2 rings (SSSR count). The first-order valence-electron chi connectivity index (χ1n) is 5.23. The number of benzene rings is 1. The fourth-order valence-corrected chi connectivity index (χ4v) is 2.20. The molecule has 0 unspecified atom stereocenters. The van der Waals surface area contributed by atoms with Gasteiger partial charge in [0.1, 0.15) is 11.3 Å². The summed E-state index contributed by atoms with van der Waals surface area (Å²) in [5.41, 5.74) is 1.72. The van der Waals surface area contributed by atoms with Gasteiger partial charge in [0.15, 0.2) is 0 Å². The lowest BCUT2D eigenvalue weighted by atomic mass is 10.0. The smallest absolute Gasteiger partial charge is 0.339 e. The Morgan fingerprint density at radius 2 is 2.12 bits per heavy atom. The third-order valence-corrected chi connectivity index (χ3v) is 3.27. The summed E-state index contributed by atoms with van der Waals surface area (Å²) in [4.78, 5) is 11.3. The van der Waals surface area contributed by atoms with Gasteiger partial charge in [0.2, 0.25) is 0 Å². The van der Waals surface area contributed by atoms with Crippen molar-refractivity contribution < 1.29 is 14.3 Å². The van der Waals surface area contributed by atoms with Gasteiger partial charge >= 0.3 is 5.97 Å². The number of aryl methyl sites for hydroxylation is 1. The van der Waals surface area contributed by atoms with Gasteiger partial charge in [-0.05, 0) is 12.5 Å². The number of hydrogen-bond acceptors (Lipinski definition) is 2. The van der Waals surface area contributed by atoms with Gasteiger partial charge in [-0.15, -0.1) is 0 Å². The van der Waals surface area contributed by atoms with E-state index in [1.165, 1.54) is 6.26 Å². The van der Waals surface area contributed by atoms with Crippen LogP contribution in [0.4, 0.5) is 0 Å². The van der Waals surface area contributed by atoms with Crippen molar-refractivity contribution in [1.29, 1.82) is 0 Å². The maximum atomic E-state index is 11.3. The van der Waals surface area contributed by atoms with E-state index in [-0.39, 0.29) is 5.56 Å². The van der Waals surface area contributed by atoms with Crippen LogP contribution < -0.4 is 0 Å². The number of carbonyl (C=O) groups is 1. The van der Waals surface area contributed by atoms with E-state index in [1.54, 1.807) is 0 Å². The molecule has 0 aliphatic rings. The highest BCUT2D eigenvalue weighted by atomic mass is 79.9. The van der Waals surface area contributed by atoms with Crippen molar-refractivity contribution >= 4 is 21.9 Å². The maximum absolute atomic E-state index is 11.3. The molecule has 0 saturated heterocycles. The summed E-state index contributed by atoms with van der Waals surface area (Å²) in [7, 11) is 0. The number of rotatable bonds is 3. The van der Waals surface area contributed by atoms with Crippen LogP contribution in [-0.4, -0.2) is 11.1 Å². The molecule has 1 heterocycles. The van der Waals surface area contributed by atoms with Crippen LogP contribution in [0, 0.1) is 0 Å². The zero-order chi connectivity index (χ0) is 12.4. The minimum Gasteiger partial charge on any atom is -0.478 e. The SMILES string of the molecule is CCc1coc(-c2ccccc2Br)c1C(=O)O. The highest BCUT2D eigenvalue weighted by molar-refractivity contribution is 9.10. The van der Waals surface area contributed by atoms with E-state index >= 15 is 0 Å². The zero-order valence-electron chi connectivity index (χ0n) is 9.24. The Kier molecular flexibility index (Phi) is 3.33. The number of carboxylic acid groups (broad SMARTS) is 1. The Bertz CT molecular complexity index is 558. The zero-order valence-corrected chi connectivity index (χ0v) is 10.8. The fraction of sp³-hybridized carbons (Fsp3) is 0.154. The average Bonchev–Trinajstić information content (AvgIpc) is 2.73. The van der Waals surface area contributed by atoms with Crippen molar-refractivity contribution in [2.24, 2.45) is 0 Å². The molecule has 0 fully saturated rings. The largest absolute Gasteiger partial charge is 0.478 e. The van der Waals surface area contributed by atoms with Crippen LogP contribution >= 0.6 is 15.9 Å². The summed E-state index contributed by atoms with van der Waals surface area (Å²) >= 11 is 3.39. The van der Waals surface area contributed by atoms with E-state index in [2.05, 4.69) is 15.9 Å². The van der Waals surface area contributed by atoms with Crippen LogP contribution in [0.3, 0.4) is 0 Å². The quantitative estimate of drug-likeness (QED) is 0.932. The molecule has 2 aromatic rings. The van der Waals surface area contributed by atoms with Crippen LogP contribution in [0.5, 0.6) is 0 Å². The summed E-state index contributed by atoms with van der Waals surface area (Å²) in [6.45, 7) is 1.90. The molecule has 0 atom stereocenters. The Labute approximate surface area is 107 Å². The first-order valence-corrected chi connectivity index (χ1v) is 6.03. The van der Waals surface area contributed by atoms with E-state index in [4.69, 9.17) is 4.42 Å². The van der Waals surface area contributed by atoms with Gasteiger partial charge in [-0.25, -0.2) is 4.79 Å². The van der Waals surface area contributed by atoms with Crippen LogP contribution in [0.2, 0.25) is 0 Å². The Morgan fingerprint density at radius 3 is 2.71 bits per heavy atom. The predicted octanol–water partition coefficient (Wildman–Crippen LogP) is 3.97. The minimum absolute atomic E-state index is 0.249. The lowest BCUT2D eigenvalue weighted by molar-refractivity contribution is 0.0696. The molecular formula is C13H11BrO3. The number of halogens is 1. The predicted molar refractivity (Wildman–Crippen MR) is 68.2 cm³/mol. The highest BCUT2D eigenvalue weighted by Crippen LogP contribution is 2.33. The van der Waals surface area contributed by atoms with Crippen molar-refractivity contribution in [3.05, 3.63) is 46.1 Å². The molecule has 0 amide bonds. The molecule has 0 radical (unpaired) electrons. The second-order valence-electron chi connectivity index (χ2n) is 3.60. The molecule has 88 valence electrons. The highest BCUT2D eigenvalue weighted by Gasteiger charge is 2.21. The molecule has 0 bridgehead atoms. The monoisotopic (exact) mass is 294 g/mol. The summed E-state index contributed by atoms with van der Waals surface area (Å²) < 4.78 is 6.22. The minimum atomic E-state index is -0.957. The van der Waals surface area contributed by atoms with Gasteiger partial charge in [0, 0.05) is 15.6 Å². The molecule has 0 spiro atoms. The first kappa shape index (κ1) is 11.9. The molecule has 3 nitrogen and oxygen atoms in total. The molecule has 17 heavy (non-hydrogen) atoms. The second kappa shape index (κ2) is 4.75. The summed E-state index contributed by atoms with van der Waals surface area (Å²) in [6, 6.07) is 7.40. The summed E-state index contributed by atoms with van der Waals surface area (Å²) in [5, 5.41) is 9.24. The normalized spacial score (nSPS) is 10.5. The van der Waals surface area contributed by atoms with E-state index in [1.807, 2.05) is 31.2 Å². The van der Waals surface area contributed by atoms with Gasteiger partial charge < -0.3 is 9.52 Å². The molecular weight excluding hydrogens is 284 g/mol. The second-order valence-corrected chi connectivity index (χ2v) is 4.46. The van der Waals surface area contributed by atoms with Crippen molar-refractivity contribution in [1.82, 2.24) is 0 Å². The Hall–Kier alpha value is -1.55. The van der Waals surface area contributed by atoms with Crippen molar-refractivity contribution in [2.45, 2.75) is 13.3 Å². The van der Waals surface area contributed by atoms with Crippen LogP contribution in [0.15, 0.2) is 39.4 Å². The standard InChI is InChI=1S/C13H11BrO3/c1-2-8-7-17-12(11(8)13(15)16)9-5-3-4-6-10(9)14/h3-7H,2H2,1H3,(H,15,16). The fourth-order valence-electron chi connectivity index (χ4n) is 1.73. The summed E-state index contributed by atoms with van der Waals surface area (Å²) in [6.07, 6.45) is 2.15. The van der Waals surface area contributed by atoms with Crippen molar-refractivity contribution in [3.8, 4) is 11.3 Å². The topological polar surface area (TPSA) is 50.4 Å². The first-order chi connectivity index (χ1) is 8.15. The third-order valence-electron chi connectivity index (χ3n) is 2.58. The van der Waals surface area contributed by atoms with Crippen LogP contribution in [0.1, 0.15) is 22.8 Å². The van der Waals surface area contributed by atoms with E-state index in [9.17, 15) is 9.90 Å². The average molecular weight is 295 g/mol. The van der Waals surface area contributed by atoms with Gasteiger partial charge in [0.05, 0.1) is 6.26 Å². The van der Waals surface area contributed by atoms with Gasteiger partial charge in [-0.1, -0.05) is 41.1 Å². The summed E-state index contributed by atoms with van der Waals surface area (Å²) in [5.74, 6) is -0.553. The number of furan rings is 1. The van der Waals surface area contributed by atoms with Crippen LogP contribution in [0.25, 0.3) is 11.3 Å². The Morgan fingerprint density at radius 1 is 1.41 bits per heavy atom. The van der Waals surface area contributed by atoms with E-state index in [0.717, 1.165) is 10.0 Å². The van der Waals surface area contributed by atoms with Gasteiger partial charge in [0.25, 0.3) is 0 Å². The number of hydrogen-bond donors (Lipinski definition) is 1. The third kappa shape index (κ3) is 2.13. The van der Waals surface area contributed by atoms with E-state index < -0.39 is 5.97 Å². The van der Waals surface area contributed by atoms with Crippen molar-refractivity contribution in [3.63, 3.8) is 0 Å². The van der Waals surface area contributed by atoms with Crippen LogP contribution in [-0.2, 0) is 6.42 Å². The number of carboxylic acids is 1. The van der Waals surface area contributed by atoms with E-state index in [0.29, 0.717) is 17.7 Å². The maximum Gasteiger partial charge on any atom is 0.339 e. The lowest BCUT2D eigenvalue weighted by Gasteiger charge is -2.02. The molecule has 0 saturated carbocycles. The van der Waals surface area contributed by atoms with Crippen molar-refractivity contribution in [2.75, 3.05) is 0 Å². The molecule has 1 aromatic carbocycles. The van der Waals surface area contributed by atoms with Gasteiger partial charge in [-0.3, -0.25) is 0 Å².